The highest BCUT2D eigenvalue weighted by Gasteiger charge is 2.23. The summed E-state index contributed by atoms with van der Waals surface area (Å²) in [4.78, 5) is 0. The Morgan fingerprint density at radius 1 is 1.62 bits per heavy atom. The zero-order valence-corrected chi connectivity index (χ0v) is 10.6. The van der Waals surface area contributed by atoms with Gasteiger partial charge in [-0.1, -0.05) is 12.1 Å². The fraction of sp³-hybridized carbons (Fsp3) is 0.500. The summed E-state index contributed by atoms with van der Waals surface area (Å²) < 4.78 is 2.43. The molecule has 2 N–H and O–H groups in total. The summed E-state index contributed by atoms with van der Waals surface area (Å²) in [5, 5.41) is 21.7. The van der Waals surface area contributed by atoms with Gasteiger partial charge in [0.1, 0.15) is 5.69 Å². The fourth-order valence-electron chi connectivity index (χ4n) is 1.54. The zero-order valence-electron chi connectivity index (χ0n) is 8.98. The lowest BCUT2D eigenvalue weighted by Gasteiger charge is -2.15. The maximum absolute atomic E-state index is 4.09. The molecular weight excluding hydrogens is 274 g/mol. The van der Waals surface area contributed by atoms with Gasteiger partial charge in [-0.05, 0) is 22.5 Å². The van der Waals surface area contributed by atoms with Gasteiger partial charge in [-0.25, -0.2) is 4.68 Å². The number of nitrogens with one attached hydrogen (secondary N) is 2. The van der Waals surface area contributed by atoms with Gasteiger partial charge in [0, 0.05) is 7.05 Å². The van der Waals surface area contributed by atoms with E-state index >= 15 is 0 Å². The van der Waals surface area contributed by atoms with E-state index in [9.17, 15) is 0 Å². The van der Waals surface area contributed by atoms with Crippen LogP contribution in [0.25, 0.3) is 0 Å². The molecule has 0 aliphatic carbocycles. The fourth-order valence-corrected chi connectivity index (χ4v) is 2.10. The molecule has 1 unspecified atom stereocenters. The first kappa shape index (κ1) is 11.2. The van der Waals surface area contributed by atoms with E-state index in [2.05, 4.69) is 47.0 Å². The van der Waals surface area contributed by atoms with E-state index in [1.165, 1.54) is 0 Å². The van der Waals surface area contributed by atoms with Gasteiger partial charge in [-0.2, -0.15) is 15.4 Å². The molecule has 0 saturated heterocycles. The number of hydrogen-bond donors (Lipinski definition) is 2. The third-order valence-electron chi connectivity index (χ3n) is 2.24. The van der Waals surface area contributed by atoms with Crippen molar-refractivity contribution in [1.82, 2.24) is 35.7 Å². The van der Waals surface area contributed by atoms with Crippen molar-refractivity contribution in [3.05, 3.63) is 22.2 Å². The second kappa shape index (κ2) is 4.71. The molecule has 0 spiro atoms. The highest BCUT2D eigenvalue weighted by molar-refractivity contribution is 9.10. The van der Waals surface area contributed by atoms with Crippen LogP contribution in [0.4, 0.5) is 0 Å². The van der Waals surface area contributed by atoms with Crippen molar-refractivity contribution >= 4 is 15.9 Å². The van der Waals surface area contributed by atoms with Crippen LogP contribution < -0.4 is 5.32 Å². The molecule has 0 aromatic carbocycles. The topological polar surface area (TPSA) is 84.3 Å². The molecule has 2 aromatic heterocycles. The molecule has 0 bridgehead atoms. The van der Waals surface area contributed by atoms with Crippen LogP contribution in [0.1, 0.15) is 24.4 Å². The minimum atomic E-state index is -0.0712. The Hall–Kier alpha value is -1.28. The van der Waals surface area contributed by atoms with Crippen molar-refractivity contribution in [1.29, 1.82) is 0 Å². The molecule has 0 amide bonds. The number of halogens is 1. The monoisotopic (exact) mass is 285 g/mol. The van der Waals surface area contributed by atoms with Crippen LogP contribution in [0, 0.1) is 0 Å². The molecule has 2 heterocycles. The Morgan fingerprint density at radius 3 is 2.94 bits per heavy atom. The van der Waals surface area contributed by atoms with Crippen molar-refractivity contribution in [2.45, 2.75) is 13.0 Å². The van der Waals surface area contributed by atoms with Gasteiger partial charge in [-0.15, -0.1) is 5.10 Å². The Bertz CT molecular complexity index is 429. The second-order valence-electron chi connectivity index (χ2n) is 3.27. The van der Waals surface area contributed by atoms with Crippen molar-refractivity contribution in [2.75, 3.05) is 6.54 Å². The highest BCUT2D eigenvalue weighted by Crippen LogP contribution is 2.24. The summed E-state index contributed by atoms with van der Waals surface area (Å²) in [7, 11) is 1.84. The quantitative estimate of drug-likeness (QED) is 0.849. The molecule has 16 heavy (non-hydrogen) atoms. The van der Waals surface area contributed by atoms with Crippen LogP contribution in [0.2, 0.25) is 0 Å². The van der Waals surface area contributed by atoms with Gasteiger partial charge in [0.15, 0.2) is 4.60 Å². The van der Waals surface area contributed by atoms with Crippen molar-refractivity contribution in [3.63, 3.8) is 0 Å². The number of aryl methyl sites for hydroxylation is 1. The summed E-state index contributed by atoms with van der Waals surface area (Å²) in [5.74, 6) is 0. The molecule has 0 radical (unpaired) electrons. The summed E-state index contributed by atoms with van der Waals surface area (Å²) >= 11 is 3.38. The molecule has 8 heteroatoms. The van der Waals surface area contributed by atoms with Gasteiger partial charge in [0.2, 0.25) is 0 Å². The summed E-state index contributed by atoms with van der Waals surface area (Å²) in [6.07, 6.45) is 1.69. The van der Waals surface area contributed by atoms with Crippen LogP contribution in [0.5, 0.6) is 0 Å². The Morgan fingerprint density at radius 2 is 2.44 bits per heavy atom. The summed E-state index contributed by atoms with van der Waals surface area (Å²) in [6, 6.07) is -0.0712. The van der Waals surface area contributed by atoms with E-state index in [-0.39, 0.29) is 6.04 Å². The third kappa shape index (κ3) is 1.98. The van der Waals surface area contributed by atoms with E-state index in [1.54, 1.807) is 10.9 Å². The smallest absolute Gasteiger partial charge is 0.153 e. The lowest BCUT2D eigenvalue weighted by molar-refractivity contribution is 0.556. The van der Waals surface area contributed by atoms with Gasteiger partial charge in [-0.3, -0.25) is 0 Å². The van der Waals surface area contributed by atoms with Gasteiger partial charge < -0.3 is 5.32 Å². The maximum Gasteiger partial charge on any atom is 0.153 e. The highest BCUT2D eigenvalue weighted by atomic mass is 79.9. The lowest BCUT2D eigenvalue weighted by Crippen LogP contribution is -2.25. The second-order valence-corrected chi connectivity index (χ2v) is 4.03. The zero-order chi connectivity index (χ0) is 11.5. The molecule has 2 aromatic rings. The Kier molecular flexibility index (Phi) is 3.30. The van der Waals surface area contributed by atoms with E-state index in [0.29, 0.717) is 4.60 Å². The van der Waals surface area contributed by atoms with Crippen LogP contribution in [0.15, 0.2) is 10.8 Å². The third-order valence-corrected chi connectivity index (χ3v) is 2.80. The number of aromatic amines is 1. The number of nitrogens with zero attached hydrogens (tertiary/aromatic N) is 5. The number of rotatable bonds is 4. The minimum absolute atomic E-state index is 0.0712. The molecule has 1 atom stereocenters. The van der Waals surface area contributed by atoms with E-state index in [0.717, 1.165) is 17.9 Å². The van der Waals surface area contributed by atoms with Crippen LogP contribution in [-0.4, -0.2) is 36.9 Å². The van der Waals surface area contributed by atoms with Crippen LogP contribution in [-0.2, 0) is 7.05 Å². The van der Waals surface area contributed by atoms with Gasteiger partial charge in [0.25, 0.3) is 0 Å². The minimum Gasteiger partial charge on any atom is -0.304 e. The van der Waals surface area contributed by atoms with Crippen molar-refractivity contribution in [2.24, 2.45) is 7.05 Å². The first-order chi connectivity index (χ1) is 7.74. The molecule has 86 valence electrons. The average molecular weight is 286 g/mol. The standard InChI is InChI=1S/C8H12BrN7/c1-3-10-6(5-4-11-14-12-5)7-8(9)13-15-16(7)2/h4,6,10H,3H2,1-2H3,(H,11,12,14). The molecule has 2 rings (SSSR count). The molecule has 0 saturated carbocycles. The first-order valence-electron chi connectivity index (χ1n) is 4.88. The molecule has 0 aliphatic rings. The van der Waals surface area contributed by atoms with E-state index in [1.807, 2.05) is 14.0 Å². The lowest BCUT2D eigenvalue weighted by atomic mass is 10.1. The van der Waals surface area contributed by atoms with E-state index < -0.39 is 0 Å². The molecule has 7 nitrogen and oxygen atoms in total. The predicted octanol–water partition coefficient (Wildman–Crippen LogP) is 0.395. The largest absolute Gasteiger partial charge is 0.304 e. The molecular formula is C8H12BrN7. The first-order valence-corrected chi connectivity index (χ1v) is 5.67. The van der Waals surface area contributed by atoms with Gasteiger partial charge >= 0.3 is 0 Å². The summed E-state index contributed by atoms with van der Waals surface area (Å²) in [6.45, 7) is 2.85. The number of H-pyrrole nitrogens is 1. The average Bonchev–Trinajstić information content (AvgIpc) is 2.87. The van der Waals surface area contributed by atoms with Crippen molar-refractivity contribution in [3.8, 4) is 0 Å². The van der Waals surface area contributed by atoms with Crippen molar-refractivity contribution < 1.29 is 0 Å². The maximum atomic E-state index is 4.09. The van der Waals surface area contributed by atoms with Crippen LogP contribution >= 0.6 is 15.9 Å². The normalized spacial score (nSPS) is 12.9. The molecule has 0 fully saturated rings. The Balaban J connectivity index is 2.40. The van der Waals surface area contributed by atoms with E-state index in [4.69, 9.17) is 0 Å². The Labute approximate surface area is 101 Å². The number of hydrogen-bond acceptors (Lipinski definition) is 5. The number of aromatic nitrogens is 6. The summed E-state index contributed by atoms with van der Waals surface area (Å²) in [5.41, 5.74) is 1.74. The molecule has 0 aliphatic heterocycles. The predicted molar refractivity (Wildman–Crippen MR) is 60.6 cm³/mol. The SMILES string of the molecule is CCNC(c1cn[nH]n1)c1c(Br)nnn1C. The van der Waals surface area contributed by atoms with Gasteiger partial charge in [0.05, 0.1) is 17.9 Å². The van der Waals surface area contributed by atoms with Crippen LogP contribution in [0.3, 0.4) is 0 Å².